The molecular weight excluding hydrogens is 394 g/mol. The first-order chi connectivity index (χ1) is 15.0. The van der Waals surface area contributed by atoms with Crippen LogP contribution in [0.2, 0.25) is 0 Å². The van der Waals surface area contributed by atoms with Gasteiger partial charge >= 0.3 is 0 Å². The molecule has 2 aromatic rings. The number of fused-ring (bicyclic) bond motifs is 1. The predicted octanol–water partition coefficient (Wildman–Crippen LogP) is 2.49. The Labute approximate surface area is 183 Å². The molecule has 4 heterocycles. The zero-order valence-electron chi connectivity index (χ0n) is 18.7. The summed E-state index contributed by atoms with van der Waals surface area (Å²) < 4.78 is 16.1. The van der Waals surface area contributed by atoms with Gasteiger partial charge in [0.15, 0.2) is 0 Å². The Morgan fingerprint density at radius 1 is 1.16 bits per heavy atom. The van der Waals surface area contributed by atoms with Gasteiger partial charge in [-0.15, -0.1) is 5.10 Å². The second-order valence-electron chi connectivity index (χ2n) is 9.49. The summed E-state index contributed by atoms with van der Waals surface area (Å²) in [6.07, 6.45) is 9.43. The van der Waals surface area contributed by atoms with Crippen LogP contribution in [0.25, 0.3) is 0 Å². The van der Waals surface area contributed by atoms with Gasteiger partial charge in [0.2, 0.25) is 0 Å². The summed E-state index contributed by atoms with van der Waals surface area (Å²) in [5.74, 6) is 0.664. The summed E-state index contributed by atoms with van der Waals surface area (Å²) in [6.45, 7) is 4.95. The summed E-state index contributed by atoms with van der Waals surface area (Å²) in [4.78, 5) is 12.9. The number of nitrogens with zero attached hydrogens (tertiary/aromatic N) is 4. The van der Waals surface area contributed by atoms with E-state index in [0.29, 0.717) is 18.8 Å². The summed E-state index contributed by atoms with van der Waals surface area (Å²) in [5, 5.41) is 12.0. The van der Waals surface area contributed by atoms with Gasteiger partial charge in [-0.2, -0.15) is 0 Å². The van der Waals surface area contributed by atoms with Crippen LogP contribution >= 0.6 is 0 Å². The van der Waals surface area contributed by atoms with Crippen LogP contribution in [0.5, 0.6) is 0 Å². The molecule has 1 amide bonds. The molecule has 3 fully saturated rings. The van der Waals surface area contributed by atoms with Gasteiger partial charge in [-0.3, -0.25) is 4.79 Å². The minimum atomic E-state index is -0.162. The van der Waals surface area contributed by atoms with Crippen LogP contribution in [0.15, 0.2) is 12.3 Å². The van der Waals surface area contributed by atoms with E-state index in [1.54, 1.807) is 0 Å². The van der Waals surface area contributed by atoms with Crippen LogP contribution in [-0.4, -0.2) is 56.9 Å². The molecule has 2 aromatic heterocycles. The molecular formula is C23H33N5O3. The first-order valence-electron chi connectivity index (χ1n) is 11.6. The van der Waals surface area contributed by atoms with Gasteiger partial charge in [0.05, 0.1) is 30.5 Å². The van der Waals surface area contributed by atoms with Crippen molar-refractivity contribution in [1.82, 2.24) is 24.9 Å². The standard InChI is InChI=1S/C23H33N5O3/c1-14-9-18(15(2)27(14)3)23(29)24-19-12-30-22-20(13-31-21(19)22)28-11-17(25-26-28)10-16-7-5-4-6-8-16/h9,11,16,19-22H,4-8,10,12-13H2,1-3H3,(H,24,29)/t19-,20-,21+,22+/m0/s1. The molecule has 0 radical (unpaired) electrons. The lowest BCUT2D eigenvalue weighted by molar-refractivity contribution is 0.0613. The van der Waals surface area contributed by atoms with Gasteiger partial charge in [-0.25, -0.2) is 4.68 Å². The summed E-state index contributed by atoms with van der Waals surface area (Å²) in [5.41, 5.74) is 3.80. The average molecular weight is 428 g/mol. The second kappa shape index (κ2) is 8.39. The number of ether oxygens (including phenoxy) is 2. The maximum atomic E-state index is 12.9. The molecule has 2 saturated heterocycles. The first-order valence-corrected chi connectivity index (χ1v) is 11.6. The predicted molar refractivity (Wildman–Crippen MR) is 115 cm³/mol. The molecule has 8 heteroatoms. The van der Waals surface area contributed by atoms with E-state index in [0.717, 1.165) is 29.4 Å². The van der Waals surface area contributed by atoms with E-state index in [9.17, 15) is 4.79 Å². The Bertz CT molecular complexity index is 945. The second-order valence-corrected chi connectivity index (χ2v) is 9.49. The van der Waals surface area contributed by atoms with Crippen molar-refractivity contribution in [3.05, 3.63) is 34.9 Å². The highest BCUT2D eigenvalue weighted by Crippen LogP contribution is 2.34. The lowest BCUT2D eigenvalue weighted by Crippen LogP contribution is -2.44. The molecule has 1 saturated carbocycles. The highest BCUT2D eigenvalue weighted by molar-refractivity contribution is 5.96. The highest BCUT2D eigenvalue weighted by Gasteiger charge is 2.49. The number of hydrogen-bond acceptors (Lipinski definition) is 5. The third-order valence-corrected chi connectivity index (χ3v) is 7.48. The number of hydrogen-bond donors (Lipinski definition) is 1. The largest absolute Gasteiger partial charge is 0.371 e. The molecule has 8 nitrogen and oxygen atoms in total. The smallest absolute Gasteiger partial charge is 0.253 e. The minimum Gasteiger partial charge on any atom is -0.371 e. The zero-order chi connectivity index (χ0) is 21.5. The Balaban J connectivity index is 1.22. The number of nitrogens with one attached hydrogen (secondary N) is 1. The molecule has 0 unspecified atom stereocenters. The van der Waals surface area contributed by atoms with E-state index in [1.165, 1.54) is 32.1 Å². The molecule has 2 aliphatic heterocycles. The number of aromatic nitrogens is 4. The van der Waals surface area contributed by atoms with Crippen LogP contribution in [0, 0.1) is 19.8 Å². The highest BCUT2D eigenvalue weighted by atomic mass is 16.6. The monoisotopic (exact) mass is 427 g/mol. The average Bonchev–Trinajstić information content (AvgIpc) is 3.52. The van der Waals surface area contributed by atoms with E-state index >= 15 is 0 Å². The third-order valence-electron chi connectivity index (χ3n) is 7.48. The Morgan fingerprint density at radius 2 is 1.94 bits per heavy atom. The quantitative estimate of drug-likeness (QED) is 0.793. The van der Waals surface area contributed by atoms with Gasteiger partial charge in [0.25, 0.3) is 5.91 Å². The number of aryl methyl sites for hydroxylation is 1. The Kier molecular flexibility index (Phi) is 5.60. The van der Waals surface area contributed by atoms with E-state index in [-0.39, 0.29) is 30.2 Å². The first kappa shape index (κ1) is 20.7. The van der Waals surface area contributed by atoms with Crippen molar-refractivity contribution in [3.8, 4) is 0 Å². The number of carbonyl (C=O) groups excluding carboxylic acids is 1. The molecule has 0 aromatic carbocycles. The maximum Gasteiger partial charge on any atom is 0.253 e. The summed E-state index contributed by atoms with van der Waals surface area (Å²) in [7, 11) is 1.97. The Hall–Kier alpha value is -2.19. The molecule has 0 spiro atoms. The number of carbonyl (C=O) groups is 1. The van der Waals surface area contributed by atoms with Crippen molar-refractivity contribution in [3.63, 3.8) is 0 Å². The fourth-order valence-corrected chi connectivity index (χ4v) is 5.42. The lowest BCUT2D eigenvalue weighted by Gasteiger charge is -2.20. The van der Waals surface area contributed by atoms with Crippen LogP contribution in [-0.2, 0) is 22.9 Å². The molecule has 1 N–H and O–H groups in total. The lowest BCUT2D eigenvalue weighted by atomic mass is 9.86. The van der Waals surface area contributed by atoms with Gasteiger partial charge in [0.1, 0.15) is 18.2 Å². The normalized spacial score (nSPS) is 28.7. The van der Waals surface area contributed by atoms with Crippen LogP contribution in [0.1, 0.15) is 65.6 Å². The topological polar surface area (TPSA) is 83.2 Å². The van der Waals surface area contributed by atoms with Gasteiger partial charge in [0, 0.05) is 24.6 Å². The van der Waals surface area contributed by atoms with Gasteiger partial charge in [-0.05, 0) is 32.3 Å². The van der Waals surface area contributed by atoms with Gasteiger partial charge < -0.3 is 19.4 Å². The van der Waals surface area contributed by atoms with E-state index in [2.05, 4.69) is 21.8 Å². The van der Waals surface area contributed by atoms with Crippen molar-refractivity contribution in [2.24, 2.45) is 13.0 Å². The van der Waals surface area contributed by atoms with E-state index in [1.807, 2.05) is 36.2 Å². The summed E-state index contributed by atoms with van der Waals surface area (Å²) >= 11 is 0. The molecule has 1 aliphatic carbocycles. The van der Waals surface area contributed by atoms with Crippen molar-refractivity contribution >= 4 is 5.91 Å². The van der Waals surface area contributed by atoms with E-state index in [4.69, 9.17) is 9.47 Å². The molecule has 31 heavy (non-hydrogen) atoms. The Morgan fingerprint density at radius 3 is 2.68 bits per heavy atom. The van der Waals surface area contributed by atoms with Gasteiger partial charge in [-0.1, -0.05) is 37.3 Å². The minimum absolute atomic E-state index is 0.000198. The van der Waals surface area contributed by atoms with Crippen molar-refractivity contribution < 1.29 is 14.3 Å². The van der Waals surface area contributed by atoms with Crippen molar-refractivity contribution in [2.45, 2.75) is 76.7 Å². The maximum absolute atomic E-state index is 12.9. The van der Waals surface area contributed by atoms with E-state index < -0.39 is 0 Å². The molecule has 3 aliphatic rings. The van der Waals surface area contributed by atoms with Crippen LogP contribution < -0.4 is 5.32 Å². The van der Waals surface area contributed by atoms with Crippen LogP contribution in [0.3, 0.4) is 0 Å². The molecule has 5 rings (SSSR count). The number of rotatable bonds is 5. The molecule has 168 valence electrons. The van der Waals surface area contributed by atoms with Crippen molar-refractivity contribution in [1.29, 1.82) is 0 Å². The fourth-order valence-electron chi connectivity index (χ4n) is 5.42. The van der Waals surface area contributed by atoms with Crippen molar-refractivity contribution in [2.75, 3.05) is 13.2 Å². The number of amides is 1. The SMILES string of the molecule is Cc1cc(C(=O)N[C@H]2CO[C@H]3[C@@H]2OC[C@@H]3n2cc(CC3CCCCC3)nn2)c(C)n1C. The summed E-state index contributed by atoms with van der Waals surface area (Å²) in [6, 6.07) is 1.77. The fraction of sp³-hybridized carbons (Fsp3) is 0.696. The van der Waals surface area contributed by atoms with Crippen LogP contribution in [0.4, 0.5) is 0 Å². The third kappa shape index (κ3) is 3.91. The molecule has 0 bridgehead atoms. The molecule has 4 atom stereocenters. The zero-order valence-corrected chi connectivity index (χ0v) is 18.7.